The highest BCUT2D eigenvalue weighted by Gasteiger charge is 2.07. The third-order valence-corrected chi connectivity index (χ3v) is 2.91. The molecule has 0 saturated heterocycles. The second-order valence-corrected chi connectivity index (χ2v) is 4.32. The van der Waals surface area contributed by atoms with E-state index in [1.54, 1.807) is 18.2 Å². The Morgan fingerprint density at radius 3 is 2.81 bits per heavy atom. The Hall–Kier alpha value is -0.820. The van der Waals surface area contributed by atoms with Gasteiger partial charge in [-0.1, -0.05) is 0 Å². The van der Waals surface area contributed by atoms with E-state index in [0.29, 0.717) is 17.1 Å². The average molecular weight is 353 g/mol. The minimum atomic E-state index is -0.376. The maximum Gasteiger partial charge on any atom is 0.337 e. The molecule has 0 heterocycles. The number of methoxy groups -OCH3 is 1. The van der Waals surface area contributed by atoms with Gasteiger partial charge in [0.25, 0.3) is 0 Å². The zero-order valence-corrected chi connectivity index (χ0v) is 11.4. The zero-order valence-electron chi connectivity index (χ0n) is 8.54. The quantitative estimate of drug-likeness (QED) is 0.298. The number of nitrogens with two attached hydrogens (primary N) is 1. The maximum absolute atomic E-state index is 11.2. The van der Waals surface area contributed by atoms with Crippen LogP contribution in [-0.4, -0.2) is 24.8 Å². The largest absolute Gasteiger partial charge is 0.465 e. The van der Waals surface area contributed by atoms with Crippen LogP contribution in [0.15, 0.2) is 23.2 Å². The molecule has 0 aliphatic heterocycles. The summed E-state index contributed by atoms with van der Waals surface area (Å²) >= 11 is 7.60. The van der Waals surface area contributed by atoms with Gasteiger partial charge in [-0.15, -0.1) is 11.6 Å². The first kappa shape index (κ1) is 13.2. The third kappa shape index (κ3) is 3.34. The Morgan fingerprint density at radius 2 is 2.31 bits per heavy atom. The van der Waals surface area contributed by atoms with Gasteiger partial charge in [-0.3, -0.25) is 0 Å². The number of ether oxygens (including phenoxy) is 1. The van der Waals surface area contributed by atoms with E-state index in [2.05, 4.69) is 32.3 Å². The SMILES string of the molecule is COC(=O)c1ccc(N=C(N)CCl)c(I)c1. The average Bonchev–Trinajstić information content (AvgIpc) is 2.30. The fourth-order valence-electron chi connectivity index (χ4n) is 1.03. The molecule has 0 spiro atoms. The Balaban J connectivity index is 3.05. The van der Waals surface area contributed by atoms with Crippen molar-refractivity contribution in [3.05, 3.63) is 27.3 Å². The van der Waals surface area contributed by atoms with E-state index < -0.39 is 0 Å². The topological polar surface area (TPSA) is 64.7 Å². The fraction of sp³-hybridized carbons (Fsp3) is 0.200. The molecule has 0 amide bonds. The molecule has 1 rings (SSSR count). The molecule has 0 aliphatic carbocycles. The summed E-state index contributed by atoms with van der Waals surface area (Å²) in [6.45, 7) is 0. The number of benzene rings is 1. The molecule has 0 radical (unpaired) electrons. The van der Waals surface area contributed by atoms with Crippen molar-refractivity contribution in [3.8, 4) is 0 Å². The van der Waals surface area contributed by atoms with E-state index in [1.807, 2.05) is 0 Å². The smallest absolute Gasteiger partial charge is 0.337 e. The van der Waals surface area contributed by atoms with Crippen LogP contribution in [0, 0.1) is 3.57 Å². The van der Waals surface area contributed by atoms with E-state index in [1.165, 1.54) is 7.11 Å². The molecule has 0 unspecified atom stereocenters. The highest BCUT2D eigenvalue weighted by Crippen LogP contribution is 2.23. The molecule has 0 aromatic heterocycles. The van der Waals surface area contributed by atoms with Crippen LogP contribution in [0.5, 0.6) is 0 Å². The van der Waals surface area contributed by atoms with Crippen LogP contribution in [0.3, 0.4) is 0 Å². The second kappa shape index (κ2) is 6.05. The summed E-state index contributed by atoms with van der Waals surface area (Å²) in [4.78, 5) is 15.4. The van der Waals surface area contributed by atoms with Crippen LogP contribution in [0.1, 0.15) is 10.4 Å². The molecule has 0 aliphatic rings. The number of esters is 1. The number of halogens is 2. The van der Waals surface area contributed by atoms with E-state index in [-0.39, 0.29) is 11.8 Å². The first-order valence-electron chi connectivity index (χ1n) is 4.35. The number of alkyl halides is 1. The number of hydrogen-bond acceptors (Lipinski definition) is 3. The molecule has 6 heteroatoms. The molecule has 16 heavy (non-hydrogen) atoms. The first-order valence-corrected chi connectivity index (χ1v) is 5.96. The molecule has 86 valence electrons. The van der Waals surface area contributed by atoms with Crippen molar-refractivity contribution in [1.29, 1.82) is 0 Å². The standard InChI is InChI=1S/C10H10ClIN2O2/c1-16-10(15)6-2-3-8(7(12)4-6)14-9(13)5-11/h2-4H,5H2,1H3,(H2,13,14). The Kier molecular flexibility index (Phi) is 5.01. The lowest BCUT2D eigenvalue weighted by Crippen LogP contribution is -2.12. The molecular weight excluding hydrogens is 342 g/mol. The summed E-state index contributed by atoms with van der Waals surface area (Å²) in [6.07, 6.45) is 0. The highest BCUT2D eigenvalue weighted by atomic mass is 127. The summed E-state index contributed by atoms with van der Waals surface area (Å²) in [5, 5.41) is 0. The fourth-order valence-corrected chi connectivity index (χ4v) is 1.72. The Morgan fingerprint density at radius 1 is 1.62 bits per heavy atom. The molecule has 0 saturated carbocycles. The van der Waals surface area contributed by atoms with E-state index in [0.717, 1.165) is 3.57 Å². The Bertz CT molecular complexity index is 435. The van der Waals surface area contributed by atoms with Gasteiger partial charge < -0.3 is 10.5 Å². The van der Waals surface area contributed by atoms with Gasteiger partial charge in [-0.2, -0.15) is 0 Å². The minimum Gasteiger partial charge on any atom is -0.465 e. The summed E-state index contributed by atoms with van der Waals surface area (Å²) in [7, 11) is 1.34. The normalized spacial score (nSPS) is 11.3. The van der Waals surface area contributed by atoms with Gasteiger partial charge >= 0.3 is 5.97 Å². The molecule has 4 nitrogen and oxygen atoms in total. The van der Waals surface area contributed by atoms with Crippen molar-refractivity contribution in [3.63, 3.8) is 0 Å². The summed E-state index contributed by atoms with van der Waals surface area (Å²) in [5.41, 5.74) is 6.69. The van der Waals surface area contributed by atoms with Crippen molar-refractivity contribution in [2.24, 2.45) is 10.7 Å². The maximum atomic E-state index is 11.2. The van der Waals surface area contributed by atoms with Gasteiger partial charge in [0.2, 0.25) is 0 Å². The van der Waals surface area contributed by atoms with Gasteiger partial charge in [-0.25, -0.2) is 9.79 Å². The first-order chi connectivity index (χ1) is 7.58. The molecular formula is C10H10ClIN2O2. The molecule has 2 N–H and O–H groups in total. The van der Waals surface area contributed by atoms with Gasteiger partial charge in [0.1, 0.15) is 5.84 Å². The number of aliphatic imine (C=N–C) groups is 1. The molecule has 1 aromatic carbocycles. The van der Waals surface area contributed by atoms with Crippen LogP contribution in [0.2, 0.25) is 0 Å². The zero-order chi connectivity index (χ0) is 12.1. The number of rotatable bonds is 3. The summed E-state index contributed by atoms with van der Waals surface area (Å²) in [5.74, 6) is 0.138. The monoisotopic (exact) mass is 352 g/mol. The van der Waals surface area contributed by atoms with E-state index >= 15 is 0 Å². The number of carbonyl (C=O) groups is 1. The van der Waals surface area contributed by atoms with Gasteiger partial charge in [0.05, 0.1) is 24.2 Å². The van der Waals surface area contributed by atoms with E-state index in [4.69, 9.17) is 17.3 Å². The van der Waals surface area contributed by atoms with Gasteiger partial charge in [-0.05, 0) is 40.8 Å². The van der Waals surface area contributed by atoms with Gasteiger partial charge in [0.15, 0.2) is 0 Å². The lowest BCUT2D eigenvalue weighted by atomic mass is 10.2. The highest BCUT2D eigenvalue weighted by molar-refractivity contribution is 14.1. The van der Waals surface area contributed by atoms with Crippen LogP contribution in [0.4, 0.5) is 5.69 Å². The van der Waals surface area contributed by atoms with E-state index in [9.17, 15) is 4.79 Å². The third-order valence-electron chi connectivity index (χ3n) is 1.77. The molecule has 1 aromatic rings. The molecule has 0 fully saturated rings. The van der Waals surface area contributed by atoms with Crippen molar-refractivity contribution in [1.82, 2.24) is 0 Å². The van der Waals surface area contributed by atoms with Crippen LogP contribution in [-0.2, 0) is 4.74 Å². The summed E-state index contributed by atoms with van der Waals surface area (Å²) in [6, 6.07) is 5.02. The van der Waals surface area contributed by atoms with Crippen molar-refractivity contribution in [2.45, 2.75) is 0 Å². The summed E-state index contributed by atoms with van der Waals surface area (Å²) < 4.78 is 5.42. The lowest BCUT2D eigenvalue weighted by Gasteiger charge is -2.03. The second-order valence-electron chi connectivity index (χ2n) is 2.89. The molecule has 0 atom stereocenters. The number of hydrogen-bond donors (Lipinski definition) is 1. The van der Waals surface area contributed by atoms with Crippen LogP contribution >= 0.6 is 34.2 Å². The number of amidine groups is 1. The molecule has 0 bridgehead atoms. The lowest BCUT2D eigenvalue weighted by molar-refractivity contribution is 0.0600. The predicted octanol–water partition coefficient (Wildman–Crippen LogP) is 2.31. The number of nitrogens with zero attached hydrogens (tertiary/aromatic N) is 1. The minimum absolute atomic E-state index is 0.175. The van der Waals surface area contributed by atoms with Crippen molar-refractivity contribution in [2.75, 3.05) is 13.0 Å². The van der Waals surface area contributed by atoms with Crippen molar-refractivity contribution >= 4 is 51.7 Å². The van der Waals surface area contributed by atoms with Crippen LogP contribution < -0.4 is 5.73 Å². The Labute approximate surface area is 112 Å². The number of carbonyl (C=O) groups excluding carboxylic acids is 1. The van der Waals surface area contributed by atoms with Crippen molar-refractivity contribution < 1.29 is 9.53 Å². The predicted molar refractivity (Wildman–Crippen MR) is 72.5 cm³/mol. The van der Waals surface area contributed by atoms with Gasteiger partial charge in [0, 0.05) is 3.57 Å². The van der Waals surface area contributed by atoms with Crippen LogP contribution in [0.25, 0.3) is 0 Å².